The lowest BCUT2D eigenvalue weighted by Gasteiger charge is -2.27. The molecule has 0 spiro atoms. The number of aromatic amines is 1. The molecule has 4 unspecified atom stereocenters. The number of nitrogens with one attached hydrogen (secondary N) is 4. The average Bonchev–Trinajstić information content (AvgIpc) is 3.38. The van der Waals surface area contributed by atoms with Gasteiger partial charge in [0.15, 0.2) is 0 Å². The molecule has 0 bridgehead atoms. The van der Waals surface area contributed by atoms with Crippen molar-refractivity contribution in [3.63, 3.8) is 0 Å². The molecule has 14 heteroatoms. The number of hydrogen-bond donors (Lipinski definition) is 8. The molecule has 0 aliphatic rings. The zero-order valence-electron chi connectivity index (χ0n) is 21.6. The molecule has 0 aliphatic carbocycles. The van der Waals surface area contributed by atoms with E-state index in [0.717, 1.165) is 0 Å². The Hall–Kier alpha value is -4.46. The number of aliphatic carboxylic acids is 2. The second kappa shape index (κ2) is 14.5. The Morgan fingerprint density at radius 2 is 1.56 bits per heavy atom. The van der Waals surface area contributed by atoms with Crippen molar-refractivity contribution in [1.82, 2.24) is 25.9 Å². The van der Waals surface area contributed by atoms with Crippen LogP contribution in [0, 0.1) is 5.92 Å². The van der Waals surface area contributed by atoms with Crippen molar-refractivity contribution in [3.8, 4) is 5.75 Å². The van der Waals surface area contributed by atoms with Crippen LogP contribution in [0.5, 0.6) is 5.75 Å². The third-order valence-corrected chi connectivity index (χ3v) is 5.85. The molecule has 14 nitrogen and oxygen atoms in total. The Balaban J connectivity index is 2.14. The summed E-state index contributed by atoms with van der Waals surface area (Å²) in [5.41, 5.74) is 7.26. The van der Waals surface area contributed by atoms with Crippen molar-refractivity contribution in [2.24, 2.45) is 11.7 Å². The zero-order chi connectivity index (χ0) is 29.1. The van der Waals surface area contributed by atoms with Crippen molar-refractivity contribution < 1.29 is 39.3 Å². The average molecular weight is 547 g/mol. The Morgan fingerprint density at radius 1 is 0.923 bits per heavy atom. The lowest BCUT2D eigenvalue weighted by Crippen LogP contribution is -2.59. The van der Waals surface area contributed by atoms with Crippen LogP contribution in [0.1, 0.15) is 37.9 Å². The minimum absolute atomic E-state index is 0.00764. The van der Waals surface area contributed by atoms with E-state index in [1.807, 2.05) is 0 Å². The normalized spacial score (nSPS) is 14.1. The number of H-pyrrole nitrogens is 1. The summed E-state index contributed by atoms with van der Waals surface area (Å²) in [5.74, 6) is -5.21. The maximum Gasteiger partial charge on any atom is 0.326 e. The van der Waals surface area contributed by atoms with Gasteiger partial charge in [0.05, 0.1) is 12.4 Å². The molecule has 4 atom stereocenters. The number of hydrogen-bond acceptors (Lipinski definition) is 8. The number of aromatic hydroxyl groups is 1. The summed E-state index contributed by atoms with van der Waals surface area (Å²) in [4.78, 5) is 68.1. The number of imidazole rings is 1. The first-order chi connectivity index (χ1) is 18.4. The molecule has 1 heterocycles. The number of phenolic OH excluding ortho intramolecular Hbond substituents is 1. The van der Waals surface area contributed by atoms with E-state index in [2.05, 4.69) is 25.9 Å². The highest BCUT2D eigenvalue weighted by molar-refractivity contribution is 5.94. The van der Waals surface area contributed by atoms with E-state index in [9.17, 15) is 34.2 Å². The smallest absolute Gasteiger partial charge is 0.326 e. The van der Waals surface area contributed by atoms with Gasteiger partial charge in [-0.1, -0.05) is 26.0 Å². The lowest BCUT2D eigenvalue weighted by atomic mass is 10.0. The molecule has 1 aromatic heterocycles. The number of carbonyl (C=O) groups excluding carboxylic acids is 3. The number of aromatic nitrogens is 2. The van der Waals surface area contributed by atoms with Gasteiger partial charge < -0.3 is 42.0 Å². The number of carbonyl (C=O) groups is 5. The first-order valence-electron chi connectivity index (χ1n) is 12.2. The molecule has 0 aliphatic heterocycles. The summed E-state index contributed by atoms with van der Waals surface area (Å²) in [6.07, 6.45) is 2.18. The Labute approximate surface area is 224 Å². The predicted octanol–water partition coefficient (Wildman–Crippen LogP) is -0.712. The molecular weight excluding hydrogens is 512 g/mol. The minimum atomic E-state index is -1.47. The van der Waals surface area contributed by atoms with Gasteiger partial charge in [0.25, 0.3) is 0 Å². The minimum Gasteiger partial charge on any atom is -0.508 e. The fraction of sp³-hybridized carbons (Fsp3) is 0.440. The second-order valence-corrected chi connectivity index (χ2v) is 9.38. The van der Waals surface area contributed by atoms with Gasteiger partial charge in [0.1, 0.15) is 23.9 Å². The summed E-state index contributed by atoms with van der Waals surface area (Å²) < 4.78 is 0. The van der Waals surface area contributed by atoms with E-state index in [-0.39, 0.29) is 25.0 Å². The molecule has 212 valence electrons. The molecule has 0 saturated carbocycles. The van der Waals surface area contributed by atoms with Gasteiger partial charge in [0, 0.05) is 24.7 Å². The number of phenols is 1. The quantitative estimate of drug-likeness (QED) is 0.140. The SMILES string of the molecule is CC(C)C(NC(=O)C(Cc1cnc[nH]1)NC(=O)C(N)Cc1ccc(O)cc1)C(=O)NC(CCC(=O)O)C(=O)O. The van der Waals surface area contributed by atoms with Gasteiger partial charge in [-0.15, -0.1) is 0 Å². The molecular formula is C25H34N6O8. The van der Waals surface area contributed by atoms with Gasteiger partial charge in [0.2, 0.25) is 17.7 Å². The molecule has 2 rings (SSSR count). The van der Waals surface area contributed by atoms with Crippen LogP contribution in [0.25, 0.3) is 0 Å². The number of rotatable bonds is 15. The zero-order valence-corrected chi connectivity index (χ0v) is 21.6. The van der Waals surface area contributed by atoms with Crippen molar-refractivity contribution >= 4 is 29.7 Å². The highest BCUT2D eigenvalue weighted by atomic mass is 16.4. The van der Waals surface area contributed by atoms with E-state index < -0.39 is 66.2 Å². The topological polar surface area (TPSA) is 237 Å². The maximum absolute atomic E-state index is 13.3. The predicted molar refractivity (Wildman–Crippen MR) is 137 cm³/mol. The summed E-state index contributed by atoms with van der Waals surface area (Å²) in [6, 6.07) is 1.31. The first-order valence-corrected chi connectivity index (χ1v) is 12.2. The Bertz CT molecular complexity index is 1140. The van der Waals surface area contributed by atoms with E-state index >= 15 is 0 Å². The van der Waals surface area contributed by atoms with Crippen LogP contribution < -0.4 is 21.7 Å². The third-order valence-electron chi connectivity index (χ3n) is 5.85. The van der Waals surface area contributed by atoms with Gasteiger partial charge in [-0.25, -0.2) is 9.78 Å². The lowest BCUT2D eigenvalue weighted by molar-refractivity contribution is -0.143. The van der Waals surface area contributed by atoms with E-state index in [4.69, 9.17) is 10.8 Å². The molecule has 39 heavy (non-hydrogen) atoms. The fourth-order valence-corrected chi connectivity index (χ4v) is 3.66. The van der Waals surface area contributed by atoms with E-state index in [0.29, 0.717) is 11.3 Å². The molecule has 0 saturated heterocycles. The molecule has 3 amide bonds. The fourth-order valence-electron chi connectivity index (χ4n) is 3.66. The number of amides is 3. The van der Waals surface area contributed by atoms with Gasteiger partial charge in [-0.3, -0.25) is 19.2 Å². The third kappa shape index (κ3) is 10.1. The largest absolute Gasteiger partial charge is 0.508 e. The van der Waals surface area contributed by atoms with Crippen LogP contribution in [0.15, 0.2) is 36.8 Å². The van der Waals surface area contributed by atoms with Crippen LogP contribution in [0.3, 0.4) is 0 Å². The number of nitrogens with two attached hydrogens (primary N) is 1. The first kappa shape index (κ1) is 30.8. The molecule has 0 fully saturated rings. The monoisotopic (exact) mass is 546 g/mol. The van der Waals surface area contributed by atoms with Crippen molar-refractivity contribution in [1.29, 1.82) is 0 Å². The van der Waals surface area contributed by atoms with Gasteiger partial charge in [-0.2, -0.15) is 0 Å². The van der Waals surface area contributed by atoms with Gasteiger partial charge in [-0.05, 0) is 36.5 Å². The summed E-state index contributed by atoms with van der Waals surface area (Å²) in [5, 5.41) is 35.1. The van der Waals surface area contributed by atoms with Crippen molar-refractivity contribution in [3.05, 3.63) is 48.0 Å². The van der Waals surface area contributed by atoms with Crippen molar-refractivity contribution in [2.75, 3.05) is 0 Å². The Morgan fingerprint density at radius 3 is 2.10 bits per heavy atom. The highest BCUT2D eigenvalue weighted by Gasteiger charge is 2.32. The highest BCUT2D eigenvalue weighted by Crippen LogP contribution is 2.12. The number of carboxylic acid groups (broad SMARTS) is 2. The summed E-state index contributed by atoms with van der Waals surface area (Å²) >= 11 is 0. The second-order valence-electron chi connectivity index (χ2n) is 9.38. The molecule has 1 aromatic carbocycles. The van der Waals surface area contributed by atoms with E-state index in [1.54, 1.807) is 26.0 Å². The van der Waals surface area contributed by atoms with Crippen LogP contribution >= 0.6 is 0 Å². The van der Waals surface area contributed by atoms with E-state index in [1.165, 1.54) is 24.7 Å². The summed E-state index contributed by atoms with van der Waals surface area (Å²) in [7, 11) is 0. The maximum atomic E-state index is 13.3. The van der Waals surface area contributed by atoms with Crippen LogP contribution in [-0.2, 0) is 36.8 Å². The molecule has 2 aromatic rings. The number of benzene rings is 1. The number of carboxylic acids is 2. The van der Waals surface area contributed by atoms with Crippen LogP contribution in [0.2, 0.25) is 0 Å². The standard InChI is InChI=1S/C25H34N6O8/c1-13(2)21(24(37)29-18(25(38)39)7-8-20(33)34)31-23(36)19(10-15-11-27-12-28-15)30-22(35)17(26)9-14-3-5-16(32)6-4-14/h3-6,11-13,17-19,21,32H,7-10,26H2,1-2H3,(H,27,28)(H,29,37)(H,30,35)(H,31,36)(H,33,34)(H,38,39). The van der Waals surface area contributed by atoms with Gasteiger partial charge >= 0.3 is 11.9 Å². The van der Waals surface area contributed by atoms with Crippen LogP contribution in [0.4, 0.5) is 0 Å². The Kier molecular flexibility index (Phi) is 11.4. The summed E-state index contributed by atoms with van der Waals surface area (Å²) in [6.45, 7) is 3.27. The van der Waals surface area contributed by atoms with Crippen LogP contribution in [-0.4, -0.2) is 79.1 Å². The van der Waals surface area contributed by atoms with Crippen molar-refractivity contribution in [2.45, 2.75) is 63.7 Å². The number of nitrogens with zero attached hydrogens (tertiary/aromatic N) is 1. The molecule has 9 N–H and O–H groups in total. The molecule has 0 radical (unpaired) electrons.